The minimum atomic E-state index is -9.32. The van der Waals surface area contributed by atoms with Crippen LogP contribution in [-0.4, -0.2) is 23.7 Å². The molecule has 0 bridgehead atoms. The molecule has 0 aliphatic heterocycles. The number of halogens is 16. The van der Waals surface area contributed by atoms with E-state index in [0.717, 1.165) is 0 Å². The van der Waals surface area contributed by atoms with Crippen molar-refractivity contribution in [3.8, 4) is 0 Å². The van der Waals surface area contributed by atoms with Gasteiger partial charge in [0.05, 0.1) is 0 Å². The summed E-state index contributed by atoms with van der Waals surface area (Å²) in [5, 5.41) is -12.2. The van der Waals surface area contributed by atoms with Gasteiger partial charge in [0.15, 0.2) is 0 Å². The molecule has 0 saturated carbocycles. The Labute approximate surface area is 137 Å². The summed E-state index contributed by atoms with van der Waals surface area (Å²) in [5.74, 6) is -18.1. The fraction of sp³-hybridized carbons (Fsp3) is 0.400. The summed E-state index contributed by atoms with van der Waals surface area (Å²) in [7, 11) is -9.32. The molecular formula is C10F16P+. The van der Waals surface area contributed by atoms with Gasteiger partial charge in [-0.25, -0.2) is 13.2 Å². The highest BCUT2D eigenvalue weighted by atomic mass is 31.2. The number of hydrogen-bond acceptors (Lipinski definition) is 0. The first-order chi connectivity index (χ1) is 11.7. The highest BCUT2D eigenvalue weighted by Crippen LogP contribution is 2.83. The predicted molar refractivity (Wildman–Crippen MR) is 55.9 cm³/mol. The van der Waals surface area contributed by atoms with Gasteiger partial charge in [-0.15, -0.1) is 0 Å². The van der Waals surface area contributed by atoms with Gasteiger partial charge in [-0.1, -0.05) is 0 Å². The van der Waals surface area contributed by atoms with Crippen LogP contribution in [0.3, 0.4) is 0 Å². The van der Waals surface area contributed by atoms with Gasteiger partial charge >= 0.3 is 31.6 Å². The molecule has 1 aromatic rings. The molecule has 156 valence electrons. The third kappa shape index (κ3) is 2.99. The van der Waals surface area contributed by atoms with Crippen molar-refractivity contribution in [2.24, 2.45) is 0 Å². The van der Waals surface area contributed by atoms with E-state index in [0.29, 0.717) is 0 Å². The second-order valence-electron chi connectivity index (χ2n) is 4.64. The normalized spacial score (nSPS) is 14.7. The summed E-state index contributed by atoms with van der Waals surface area (Å²) in [6, 6.07) is 0. The summed E-state index contributed by atoms with van der Waals surface area (Å²) < 4.78 is 207. The molecule has 0 aliphatic rings. The maximum Gasteiger partial charge on any atom is 0.460 e. The van der Waals surface area contributed by atoms with Crippen molar-refractivity contribution in [3.63, 3.8) is 0 Å². The second kappa shape index (κ2) is 6.27. The Kier molecular flexibility index (Phi) is 5.48. The quantitative estimate of drug-likeness (QED) is 0.215. The zero-order valence-electron chi connectivity index (χ0n) is 11.5. The van der Waals surface area contributed by atoms with Crippen molar-refractivity contribution < 1.29 is 69.9 Å². The molecule has 0 heterocycles. The van der Waals surface area contributed by atoms with Gasteiger partial charge in [0.25, 0.3) is 0 Å². The Balaban J connectivity index is 4.25. The van der Waals surface area contributed by atoms with Crippen molar-refractivity contribution in [3.05, 3.63) is 29.1 Å². The molecule has 0 radical (unpaired) electrons. The summed E-state index contributed by atoms with van der Waals surface area (Å²) in [6.07, 6.45) is -24.0. The topological polar surface area (TPSA) is 0 Å². The Morgan fingerprint density at radius 2 is 0.667 bits per heavy atom. The molecule has 0 unspecified atom stereocenters. The first kappa shape index (κ1) is 23.6. The highest BCUT2D eigenvalue weighted by molar-refractivity contribution is 7.75. The van der Waals surface area contributed by atoms with Crippen LogP contribution in [0.5, 0.6) is 0 Å². The zero-order valence-corrected chi connectivity index (χ0v) is 12.4. The molecule has 0 atom stereocenters. The third-order valence-corrected chi connectivity index (χ3v) is 5.68. The molecule has 27 heavy (non-hydrogen) atoms. The van der Waals surface area contributed by atoms with Crippen LogP contribution in [0.25, 0.3) is 0 Å². The van der Waals surface area contributed by atoms with Gasteiger partial charge in [0, 0.05) is 0 Å². The summed E-state index contributed by atoms with van der Waals surface area (Å²) in [6.45, 7) is 0. The second-order valence-corrected chi connectivity index (χ2v) is 6.78. The van der Waals surface area contributed by atoms with Crippen LogP contribution in [0.2, 0.25) is 0 Å². The summed E-state index contributed by atoms with van der Waals surface area (Å²) in [5.41, 5.74) is 0. The van der Waals surface area contributed by atoms with Gasteiger partial charge < -0.3 is 0 Å². The minimum absolute atomic E-state index is 3.29. The van der Waals surface area contributed by atoms with E-state index in [2.05, 4.69) is 0 Å². The van der Waals surface area contributed by atoms with Gasteiger partial charge in [0.1, 0.15) is 0 Å². The molecule has 0 aromatic heterocycles. The third-order valence-electron chi connectivity index (χ3n) is 3.12. The molecule has 0 fully saturated rings. The van der Waals surface area contributed by atoms with E-state index in [1.165, 1.54) is 0 Å². The predicted octanol–water partition coefficient (Wildman–Crippen LogP) is 6.22. The van der Waals surface area contributed by atoms with Gasteiger partial charge in [-0.05, 0) is 8.39 Å². The highest BCUT2D eigenvalue weighted by Gasteiger charge is 3.01. The first-order valence-electron chi connectivity index (χ1n) is 5.68. The zero-order chi connectivity index (χ0) is 22.0. The van der Waals surface area contributed by atoms with Crippen LogP contribution in [0.1, 0.15) is 0 Å². The maximum absolute atomic E-state index is 14.0. The standard InChI is InChI=1S/C10F16P/c11-1-2(12)4(14)6(5(15)3(1)13)27(25,26)7(8(16,17)18,9(19,20)21)10(22,23)24/q+1. The van der Waals surface area contributed by atoms with Crippen molar-refractivity contribution in [2.75, 3.05) is 0 Å². The van der Waals surface area contributed by atoms with Crippen LogP contribution < -0.4 is 5.30 Å². The van der Waals surface area contributed by atoms with Gasteiger partial charge in [-0.3, -0.25) is 0 Å². The molecule has 17 heteroatoms. The lowest BCUT2D eigenvalue weighted by molar-refractivity contribution is -0.350. The van der Waals surface area contributed by atoms with Crippen LogP contribution >= 0.6 is 7.88 Å². The van der Waals surface area contributed by atoms with E-state index < -0.39 is 66.0 Å². The molecule has 0 spiro atoms. The van der Waals surface area contributed by atoms with E-state index >= 15 is 0 Å². The largest absolute Gasteiger partial charge is 0.460 e. The number of alkyl halides is 9. The maximum atomic E-state index is 14.0. The van der Waals surface area contributed by atoms with Crippen molar-refractivity contribution in [1.82, 2.24) is 0 Å². The Morgan fingerprint density at radius 3 is 0.889 bits per heavy atom. The van der Waals surface area contributed by atoms with Gasteiger partial charge in [-0.2, -0.15) is 48.3 Å². The summed E-state index contributed by atoms with van der Waals surface area (Å²) in [4.78, 5) is 0. The lowest BCUT2D eigenvalue weighted by Gasteiger charge is -2.36. The lowest BCUT2D eigenvalue weighted by Crippen LogP contribution is -2.67. The fourth-order valence-corrected chi connectivity index (χ4v) is 3.95. The summed E-state index contributed by atoms with van der Waals surface area (Å²) >= 11 is 0. The van der Waals surface area contributed by atoms with E-state index in [9.17, 15) is 69.9 Å². The smallest absolute Gasteiger partial charge is 0.200 e. The molecule has 0 amide bonds. The molecule has 0 nitrogen and oxygen atoms in total. The number of benzene rings is 1. The van der Waals surface area contributed by atoms with E-state index in [1.54, 1.807) is 0 Å². The van der Waals surface area contributed by atoms with Crippen LogP contribution in [0.15, 0.2) is 0 Å². The Morgan fingerprint density at radius 1 is 0.444 bits per heavy atom. The fourth-order valence-electron chi connectivity index (χ4n) is 1.97. The van der Waals surface area contributed by atoms with Crippen molar-refractivity contribution in [1.29, 1.82) is 0 Å². The molecule has 0 N–H and O–H groups in total. The number of hydrogen-bond donors (Lipinski definition) is 0. The SMILES string of the molecule is Fc1c(F)c(F)c([P+](F)(F)C(C(F)(F)F)(C(F)(F)F)C(F)(F)F)c(F)c1F. The van der Waals surface area contributed by atoms with Crippen molar-refractivity contribution in [2.45, 2.75) is 23.7 Å². The lowest BCUT2D eigenvalue weighted by atomic mass is 10.1. The molecule has 1 aromatic carbocycles. The average Bonchev–Trinajstić information content (AvgIpc) is 2.37. The van der Waals surface area contributed by atoms with E-state index in [4.69, 9.17) is 0 Å². The Hall–Kier alpha value is -1.47. The monoisotopic (exact) mass is 455 g/mol. The molecule has 0 aliphatic carbocycles. The molecule has 1 rings (SSSR count). The minimum Gasteiger partial charge on any atom is -0.200 e. The van der Waals surface area contributed by atoms with E-state index in [1.807, 2.05) is 0 Å². The average molecular weight is 455 g/mol. The van der Waals surface area contributed by atoms with E-state index in [-0.39, 0.29) is 0 Å². The van der Waals surface area contributed by atoms with Gasteiger partial charge in [0.2, 0.25) is 34.4 Å². The molecule has 0 saturated heterocycles. The Bertz CT molecular complexity index is 672. The first-order valence-corrected chi connectivity index (χ1v) is 7.25. The van der Waals surface area contributed by atoms with Crippen LogP contribution in [0.4, 0.5) is 69.9 Å². The molecular weight excluding hydrogens is 455 g/mol. The van der Waals surface area contributed by atoms with Crippen LogP contribution in [0, 0.1) is 29.1 Å². The van der Waals surface area contributed by atoms with Crippen molar-refractivity contribution >= 4 is 13.2 Å². The van der Waals surface area contributed by atoms with Crippen LogP contribution in [-0.2, 0) is 0 Å². The number of rotatable bonds is 2.